The summed E-state index contributed by atoms with van der Waals surface area (Å²) in [4.78, 5) is 0. The molecule has 2 aromatic carbocycles. The zero-order valence-electron chi connectivity index (χ0n) is 20.8. The first kappa shape index (κ1) is 25.5. The number of ether oxygens (including phenoxy) is 4. The molecule has 5 nitrogen and oxygen atoms in total. The molecule has 2 heterocycles. The van der Waals surface area contributed by atoms with E-state index in [1.54, 1.807) is 13.2 Å². The lowest BCUT2D eigenvalue weighted by molar-refractivity contribution is -0.0904. The van der Waals surface area contributed by atoms with Crippen LogP contribution in [0.4, 0.5) is 0 Å². The smallest absolute Gasteiger partial charge is 0.147 e. The van der Waals surface area contributed by atoms with Crippen LogP contribution in [0.3, 0.4) is 0 Å². The Labute approximate surface area is 209 Å². The van der Waals surface area contributed by atoms with E-state index in [1.165, 1.54) is 0 Å². The van der Waals surface area contributed by atoms with Gasteiger partial charge in [0, 0.05) is 17.8 Å². The SMILES string of the molecule is C#CC(OCc1ccc(OC)cc1)[C@]12C[C@H](OCc3ccccc3)[C@H](O1)C(C)(C)[C]2CC(O)C=C. The summed E-state index contributed by atoms with van der Waals surface area (Å²) in [6.45, 7) is 8.87. The second-order valence-corrected chi connectivity index (χ2v) is 9.88. The van der Waals surface area contributed by atoms with Crippen LogP contribution in [0, 0.1) is 23.7 Å². The van der Waals surface area contributed by atoms with Gasteiger partial charge in [-0.05, 0) is 29.7 Å². The summed E-state index contributed by atoms with van der Waals surface area (Å²) in [5, 5.41) is 10.5. The predicted octanol–water partition coefficient (Wildman–Crippen LogP) is 4.88. The van der Waals surface area contributed by atoms with Gasteiger partial charge in [-0.1, -0.05) is 68.3 Å². The number of methoxy groups -OCH3 is 1. The topological polar surface area (TPSA) is 57.2 Å². The molecule has 1 N–H and O–H groups in total. The van der Waals surface area contributed by atoms with Gasteiger partial charge < -0.3 is 24.1 Å². The van der Waals surface area contributed by atoms with E-state index in [1.807, 2.05) is 42.5 Å². The van der Waals surface area contributed by atoms with Crippen LogP contribution in [0.25, 0.3) is 0 Å². The Balaban J connectivity index is 1.57. The molecule has 4 rings (SSSR count). The van der Waals surface area contributed by atoms with Gasteiger partial charge in [0.25, 0.3) is 0 Å². The van der Waals surface area contributed by atoms with Crippen LogP contribution in [0.15, 0.2) is 67.3 Å². The number of fused-ring (bicyclic) bond motifs is 2. The number of aliphatic hydroxyl groups is 1. The van der Waals surface area contributed by atoms with Crippen molar-refractivity contribution in [2.24, 2.45) is 5.41 Å². The van der Waals surface area contributed by atoms with Crippen molar-refractivity contribution in [1.29, 1.82) is 0 Å². The summed E-state index contributed by atoms with van der Waals surface area (Å²) in [6.07, 6.45) is 6.94. The van der Waals surface area contributed by atoms with Crippen molar-refractivity contribution in [1.82, 2.24) is 0 Å². The molecule has 1 radical (unpaired) electrons. The maximum absolute atomic E-state index is 10.5. The van der Waals surface area contributed by atoms with E-state index in [0.717, 1.165) is 22.8 Å². The van der Waals surface area contributed by atoms with Gasteiger partial charge in [-0.15, -0.1) is 13.0 Å². The van der Waals surface area contributed by atoms with Crippen molar-refractivity contribution in [3.63, 3.8) is 0 Å². The molecule has 0 saturated carbocycles. The minimum absolute atomic E-state index is 0.143. The summed E-state index contributed by atoms with van der Waals surface area (Å²) in [5.74, 6) is 4.69. The third-order valence-electron chi connectivity index (χ3n) is 7.32. The van der Waals surface area contributed by atoms with E-state index in [0.29, 0.717) is 26.1 Å². The lowest BCUT2D eigenvalue weighted by Crippen LogP contribution is -2.53. The minimum atomic E-state index is -0.846. The summed E-state index contributed by atoms with van der Waals surface area (Å²) in [7, 11) is 1.64. The molecule has 2 saturated heterocycles. The Bertz CT molecular complexity index is 1020. The molecular weight excluding hydrogens is 440 g/mol. The highest BCUT2D eigenvalue weighted by molar-refractivity contribution is 5.36. The molecule has 0 spiro atoms. The molecule has 2 aliphatic heterocycles. The standard InChI is InChI=1S/C30H35O5/c1-6-23(31)17-26-29(3,4)28-25(33-19-21-11-9-8-10-12-21)18-30(26,35-28)27(7-2)34-20-22-13-15-24(32-5)16-14-22/h2,6,8-16,23,25,27-28,31H,1,17-20H2,3-5H3/t23?,25-,27?,28-,30+/m0/s1. The van der Waals surface area contributed by atoms with Crippen LogP contribution >= 0.6 is 0 Å². The molecule has 0 aliphatic carbocycles. The molecule has 2 unspecified atom stereocenters. The van der Waals surface area contributed by atoms with Crippen LogP contribution < -0.4 is 4.74 Å². The van der Waals surface area contributed by atoms with Crippen molar-refractivity contribution in [2.75, 3.05) is 7.11 Å². The van der Waals surface area contributed by atoms with Crippen LogP contribution in [0.2, 0.25) is 0 Å². The fourth-order valence-electron chi connectivity index (χ4n) is 5.48. The number of hydrogen-bond acceptors (Lipinski definition) is 5. The average molecular weight is 476 g/mol. The zero-order chi connectivity index (χ0) is 25.1. The number of aliphatic hydroxyl groups excluding tert-OH is 1. The lowest BCUT2D eigenvalue weighted by Gasteiger charge is -2.45. The van der Waals surface area contributed by atoms with Crippen LogP contribution in [-0.4, -0.2) is 42.2 Å². The number of hydrogen-bond donors (Lipinski definition) is 1. The maximum Gasteiger partial charge on any atom is 0.147 e. The van der Waals surface area contributed by atoms with Gasteiger partial charge in [-0.25, -0.2) is 0 Å². The third kappa shape index (κ3) is 5.03. The van der Waals surface area contributed by atoms with Crippen molar-refractivity contribution in [3.05, 3.63) is 84.3 Å². The van der Waals surface area contributed by atoms with Crippen LogP contribution in [0.5, 0.6) is 5.75 Å². The van der Waals surface area contributed by atoms with E-state index in [2.05, 4.69) is 38.5 Å². The Kier molecular flexibility index (Phi) is 7.68. The first-order valence-corrected chi connectivity index (χ1v) is 12.1. The van der Waals surface area contributed by atoms with Crippen LogP contribution in [0.1, 0.15) is 37.8 Å². The monoisotopic (exact) mass is 475 g/mol. The van der Waals surface area contributed by atoms with Gasteiger partial charge in [0.15, 0.2) is 0 Å². The largest absolute Gasteiger partial charge is 0.497 e. The van der Waals surface area contributed by atoms with Gasteiger partial charge in [0.05, 0.1) is 38.6 Å². The van der Waals surface area contributed by atoms with Gasteiger partial charge in [-0.3, -0.25) is 0 Å². The normalized spacial score (nSPS) is 26.7. The van der Waals surface area contributed by atoms with Gasteiger partial charge in [0.2, 0.25) is 0 Å². The summed E-state index contributed by atoms with van der Waals surface area (Å²) in [6, 6.07) is 17.8. The maximum atomic E-state index is 10.5. The van der Waals surface area contributed by atoms with E-state index < -0.39 is 17.8 Å². The molecule has 2 bridgehead atoms. The molecule has 2 aliphatic rings. The Hall–Kier alpha value is -2.62. The van der Waals surface area contributed by atoms with Gasteiger partial charge in [0.1, 0.15) is 17.5 Å². The fraction of sp³-hybridized carbons (Fsp3) is 0.433. The minimum Gasteiger partial charge on any atom is -0.497 e. The molecule has 185 valence electrons. The predicted molar refractivity (Wildman–Crippen MR) is 135 cm³/mol. The first-order valence-electron chi connectivity index (χ1n) is 12.1. The molecule has 5 heteroatoms. The number of rotatable bonds is 11. The van der Waals surface area contributed by atoms with Crippen LogP contribution in [-0.2, 0) is 27.4 Å². The van der Waals surface area contributed by atoms with E-state index in [4.69, 9.17) is 25.4 Å². The Morgan fingerprint density at radius 1 is 1.14 bits per heavy atom. The second-order valence-electron chi connectivity index (χ2n) is 9.88. The lowest BCUT2D eigenvalue weighted by atomic mass is 9.59. The molecule has 0 aromatic heterocycles. The third-order valence-corrected chi connectivity index (χ3v) is 7.32. The van der Waals surface area contributed by atoms with E-state index in [9.17, 15) is 5.11 Å². The molecule has 0 amide bonds. The van der Waals surface area contributed by atoms with Crippen molar-refractivity contribution in [3.8, 4) is 18.1 Å². The van der Waals surface area contributed by atoms with Gasteiger partial charge >= 0.3 is 0 Å². The van der Waals surface area contributed by atoms with Crippen molar-refractivity contribution < 1.29 is 24.1 Å². The molecule has 35 heavy (non-hydrogen) atoms. The molecule has 2 fully saturated rings. The number of terminal acetylenes is 1. The molecule has 5 atom stereocenters. The number of benzene rings is 2. The van der Waals surface area contributed by atoms with E-state index >= 15 is 0 Å². The zero-order valence-corrected chi connectivity index (χ0v) is 20.8. The van der Waals surface area contributed by atoms with Crippen molar-refractivity contribution >= 4 is 0 Å². The molecular formula is C30H35O5. The Morgan fingerprint density at radius 3 is 2.46 bits per heavy atom. The Morgan fingerprint density at radius 2 is 1.83 bits per heavy atom. The highest BCUT2D eigenvalue weighted by atomic mass is 16.6. The van der Waals surface area contributed by atoms with Gasteiger partial charge in [-0.2, -0.15) is 0 Å². The summed E-state index contributed by atoms with van der Waals surface area (Å²) < 4.78 is 24.7. The quantitative estimate of drug-likeness (QED) is 0.371. The average Bonchev–Trinajstić information content (AvgIpc) is 3.36. The summed E-state index contributed by atoms with van der Waals surface area (Å²) >= 11 is 0. The second kappa shape index (κ2) is 10.6. The van der Waals surface area contributed by atoms with Crippen molar-refractivity contribution in [2.45, 2.75) is 69.9 Å². The highest BCUT2D eigenvalue weighted by Gasteiger charge is 2.70. The highest BCUT2D eigenvalue weighted by Crippen LogP contribution is 2.63. The summed E-state index contributed by atoms with van der Waals surface area (Å²) in [5.41, 5.74) is 0.889. The molecule has 2 aromatic rings. The fourth-order valence-corrected chi connectivity index (χ4v) is 5.48. The van der Waals surface area contributed by atoms with E-state index in [-0.39, 0.29) is 17.6 Å². The first-order chi connectivity index (χ1) is 16.8.